The number of carbonyl (C=O) groups is 1. The van der Waals surface area contributed by atoms with E-state index < -0.39 is 16.8 Å². The molecule has 1 aliphatic carbocycles. The van der Waals surface area contributed by atoms with Crippen LogP contribution in [0.1, 0.15) is 17.9 Å². The number of aliphatic carboxylic acids is 1. The average Bonchev–Trinajstić information content (AvgIpc) is 2.97. The van der Waals surface area contributed by atoms with Crippen LogP contribution in [0, 0.1) is 16.0 Å². The molecule has 16 heavy (non-hydrogen) atoms. The van der Waals surface area contributed by atoms with Gasteiger partial charge in [-0.25, -0.2) is 0 Å². The van der Waals surface area contributed by atoms with Gasteiger partial charge < -0.3 is 5.11 Å². The maximum absolute atomic E-state index is 10.8. The van der Waals surface area contributed by atoms with E-state index in [1.165, 1.54) is 12.1 Å². The molecule has 84 valence electrons. The third kappa shape index (κ3) is 1.86. The lowest BCUT2D eigenvalue weighted by Gasteiger charge is -2.01. The molecule has 0 aromatic heterocycles. The van der Waals surface area contributed by atoms with Crippen LogP contribution in [0.5, 0.6) is 0 Å². The molecule has 0 heterocycles. The molecule has 2 atom stereocenters. The highest BCUT2D eigenvalue weighted by atomic mass is 35.5. The number of carboxylic acid groups (broad SMARTS) is 1. The lowest BCUT2D eigenvalue weighted by molar-refractivity contribution is -0.385. The first-order valence-electron chi connectivity index (χ1n) is 4.67. The first kappa shape index (κ1) is 10.9. The Morgan fingerprint density at radius 2 is 2.25 bits per heavy atom. The molecule has 1 aliphatic rings. The van der Waals surface area contributed by atoms with Crippen LogP contribution < -0.4 is 0 Å². The van der Waals surface area contributed by atoms with Gasteiger partial charge in [0, 0.05) is 22.6 Å². The zero-order valence-corrected chi connectivity index (χ0v) is 8.85. The largest absolute Gasteiger partial charge is 0.481 e. The van der Waals surface area contributed by atoms with Crippen LogP contribution in [0.3, 0.4) is 0 Å². The maximum Gasteiger partial charge on any atom is 0.307 e. The second-order valence-corrected chi connectivity index (χ2v) is 4.18. The molecule has 2 unspecified atom stereocenters. The molecule has 0 saturated heterocycles. The Hall–Kier alpha value is -1.62. The van der Waals surface area contributed by atoms with Gasteiger partial charge in [0.05, 0.1) is 10.8 Å². The van der Waals surface area contributed by atoms with Crippen molar-refractivity contribution in [2.45, 2.75) is 12.3 Å². The van der Waals surface area contributed by atoms with E-state index in [9.17, 15) is 14.9 Å². The third-order valence-corrected chi connectivity index (χ3v) is 2.93. The van der Waals surface area contributed by atoms with Crippen molar-refractivity contribution in [2.75, 3.05) is 0 Å². The summed E-state index contributed by atoms with van der Waals surface area (Å²) >= 11 is 5.66. The first-order valence-corrected chi connectivity index (χ1v) is 5.05. The monoisotopic (exact) mass is 241 g/mol. The van der Waals surface area contributed by atoms with Crippen molar-refractivity contribution < 1.29 is 14.8 Å². The molecule has 0 aliphatic heterocycles. The molecular formula is C10H8ClNO4. The molecule has 0 spiro atoms. The van der Waals surface area contributed by atoms with E-state index in [0.29, 0.717) is 12.0 Å². The summed E-state index contributed by atoms with van der Waals surface area (Å²) in [6.45, 7) is 0. The number of hydrogen-bond acceptors (Lipinski definition) is 3. The van der Waals surface area contributed by atoms with E-state index in [1.54, 1.807) is 6.07 Å². The van der Waals surface area contributed by atoms with Gasteiger partial charge in [0.15, 0.2) is 0 Å². The molecule has 2 rings (SSSR count). The lowest BCUT2D eigenvalue weighted by atomic mass is 10.1. The van der Waals surface area contributed by atoms with Gasteiger partial charge in [-0.2, -0.15) is 0 Å². The van der Waals surface area contributed by atoms with Crippen molar-refractivity contribution in [1.29, 1.82) is 0 Å². The molecule has 1 saturated carbocycles. The van der Waals surface area contributed by atoms with Gasteiger partial charge in [-0.15, -0.1) is 0 Å². The van der Waals surface area contributed by atoms with E-state index in [-0.39, 0.29) is 16.6 Å². The summed E-state index contributed by atoms with van der Waals surface area (Å²) in [5.41, 5.74) is 0.364. The molecule has 6 heteroatoms. The number of benzene rings is 1. The number of nitro benzene ring substituents is 1. The zero-order valence-electron chi connectivity index (χ0n) is 8.09. The normalized spacial score (nSPS) is 22.8. The molecular weight excluding hydrogens is 234 g/mol. The summed E-state index contributed by atoms with van der Waals surface area (Å²) in [6, 6.07) is 4.34. The van der Waals surface area contributed by atoms with Crippen LogP contribution in [-0.4, -0.2) is 16.0 Å². The van der Waals surface area contributed by atoms with Crippen LogP contribution in [0.25, 0.3) is 0 Å². The average molecular weight is 242 g/mol. The van der Waals surface area contributed by atoms with Gasteiger partial charge in [-0.05, 0) is 12.5 Å². The maximum atomic E-state index is 10.8. The number of nitrogens with zero attached hydrogens (tertiary/aromatic N) is 1. The summed E-state index contributed by atoms with van der Waals surface area (Å²) in [5, 5.41) is 19.8. The number of carboxylic acids is 1. The van der Waals surface area contributed by atoms with Gasteiger partial charge in [0.2, 0.25) is 0 Å². The van der Waals surface area contributed by atoms with Crippen LogP contribution in [0.2, 0.25) is 5.02 Å². The predicted molar refractivity (Wildman–Crippen MR) is 56.6 cm³/mol. The number of nitro groups is 1. The molecule has 1 aromatic rings. The topological polar surface area (TPSA) is 80.4 Å². The Balaban J connectivity index is 2.35. The van der Waals surface area contributed by atoms with E-state index in [1.807, 2.05) is 0 Å². The zero-order chi connectivity index (χ0) is 11.9. The highest BCUT2D eigenvalue weighted by molar-refractivity contribution is 6.30. The minimum Gasteiger partial charge on any atom is -0.481 e. The highest BCUT2D eigenvalue weighted by Gasteiger charge is 2.46. The van der Waals surface area contributed by atoms with Crippen molar-refractivity contribution in [3.63, 3.8) is 0 Å². The second kappa shape index (κ2) is 3.75. The van der Waals surface area contributed by atoms with Gasteiger partial charge >= 0.3 is 5.97 Å². The summed E-state index contributed by atoms with van der Waals surface area (Å²) in [7, 11) is 0. The molecule has 5 nitrogen and oxygen atoms in total. The van der Waals surface area contributed by atoms with Crippen molar-refractivity contribution >= 4 is 23.3 Å². The summed E-state index contributed by atoms with van der Waals surface area (Å²) in [5.74, 6) is -1.66. The minimum absolute atomic E-state index is 0.0961. The fourth-order valence-corrected chi connectivity index (χ4v) is 1.97. The number of hydrogen-bond donors (Lipinski definition) is 1. The third-order valence-electron chi connectivity index (χ3n) is 2.70. The number of rotatable bonds is 3. The van der Waals surface area contributed by atoms with Gasteiger partial charge in [0.1, 0.15) is 0 Å². The van der Waals surface area contributed by atoms with Crippen molar-refractivity contribution in [3.8, 4) is 0 Å². The van der Waals surface area contributed by atoms with Crippen molar-refractivity contribution in [3.05, 3.63) is 38.9 Å². The SMILES string of the molecule is O=C(O)C1CC1c1ccc(Cl)cc1[N+](=O)[O-]. The fourth-order valence-electron chi connectivity index (χ4n) is 1.80. The molecule has 1 aromatic carbocycles. The van der Waals surface area contributed by atoms with Gasteiger partial charge in [-0.3, -0.25) is 14.9 Å². The fraction of sp³-hybridized carbons (Fsp3) is 0.300. The molecule has 0 radical (unpaired) electrons. The van der Waals surface area contributed by atoms with E-state index >= 15 is 0 Å². The second-order valence-electron chi connectivity index (χ2n) is 3.75. The van der Waals surface area contributed by atoms with Gasteiger partial charge in [0.25, 0.3) is 5.69 Å². The van der Waals surface area contributed by atoms with Crippen LogP contribution in [0.4, 0.5) is 5.69 Å². The summed E-state index contributed by atoms with van der Waals surface area (Å²) in [6.07, 6.45) is 0.456. The molecule has 0 amide bonds. The minimum atomic E-state index is -0.908. The molecule has 1 fully saturated rings. The van der Waals surface area contributed by atoms with Crippen molar-refractivity contribution in [1.82, 2.24) is 0 Å². The molecule has 0 bridgehead atoms. The molecule has 1 N–H and O–H groups in total. The Kier molecular flexibility index (Phi) is 2.55. The number of halogens is 1. The highest BCUT2D eigenvalue weighted by Crippen LogP contribution is 2.50. The Labute approximate surface area is 95.8 Å². The lowest BCUT2D eigenvalue weighted by Crippen LogP contribution is -2.01. The van der Waals surface area contributed by atoms with E-state index in [2.05, 4.69) is 0 Å². The van der Waals surface area contributed by atoms with Crippen LogP contribution in [-0.2, 0) is 4.79 Å². The van der Waals surface area contributed by atoms with Crippen LogP contribution in [0.15, 0.2) is 18.2 Å². The summed E-state index contributed by atoms with van der Waals surface area (Å²) < 4.78 is 0. The standard InChI is InChI=1S/C10H8ClNO4/c11-5-1-2-6(9(3-5)12(15)16)7-4-8(7)10(13)14/h1-3,7-8H,4H2,(H,13,14). The first-order chi connectivity index (χ1) is 7.50. The van der Waals surface area contributed by atoms with E-state index in [4.69, 9.17) is 16.7 Å². The predicted octanol–water partition coefficient (Wildman–Crippen LogP) is 2.44. The summed E-state index contributed by atoms with van der Waals surface area (Å²) in [4.78, 5) is 21.0. The smallest absolute Gasteiger partial charge is 0.307 e. The Morgan fingerprint density at radius 3 is 2.75 bits per heavy atom. The van der Waals surface area contributed by atoms with Gasteiger partial charge in [-0.1, -0.05) is 17.7 Å². The Morgan fingerprint density at radius 1 is 1.56 bits per heavy atom. The van der Waals surface area contributed by atoms with Crippen molar-refractivity contribution in [2.24, 2.45) is 5.92 Å². The van der Waals surface area contributed by atoms with Crippen LogP contribution >= 0.6 is 11.6 Å². The quantitative estimate of drug-likeness (QED) is 0.651. The Bertz CT molecular complexity index is 474. The van der Waals surface area contributed by atoms with E-state index in [0.717, 1.165) is 0 Å².